The van der Waals surface area contributed by atoms with Crippen LogP contribution in [0.3, 0.4) is 0 Å². The number of hydrogen-bond acceptors (Lipinski definition) is 3. The lowest BCUT2D eigenvalue weighted by atomic mass is 10.0. The highest BCUT2D eigenvalue weighted by molar-refractivity contribution is 7.99. The first-order chi connectivity index (χ1) is 7.11. The minimum Gasteiger partial charge on any atom is -0.313 e. The molecule has 0 spiro atoms. The molecule has 15 heavy (non-hydrogen) atoms. The van der Waals surface area contributed by atoms with Gasteiger partial charge in [0.1, 0.15) is 0 Å². The molecule has 0 bridgehead atoms. The van der Waals surface area contributed by atoms with Crippen molar-refractivity contribution in [2.75, 3.05) is 38.7 Å². The highest BCUT2D eigenvalue weighted by Crippen LogP contribution is 2.13. The maximum atomic E-state index is 3.59. The van der Waals surface area contributed by atoms with Gasteiger partial charge in [0.05, 0.1) is 0 Å². The van der Waals surface area contributed by atoms with Crippen molar-refractivity contribution in [1.82, 2.24) is 10.2 Å². The van der Waals surface area contributed by atoms with E-state index in [2.05, 4.69) is 56.8 Å². The standard InChI is InChI=1S/C12H28N2S/c1-6-11(3)12(13-7-2)10-15-9-8-14(4)5/h11-13H,6-10H2,1-5H3. The second-order valence-electron chi connectivity index (χ2n) is 4.43. The van der Waals surface area contributed by atoms with E-state index >= 15 is 0 Å². The molecular weight excluding hydrogens is 204 g/mol. The third-order valence-corrected chi connectivity index (χ3v) is 3.84. The first-order valence-electron chi connectivity index (χ1n) is 6.07. The van der Waals surface area contributed by atoms with E-state index in [-0.39, 0.29) is 0 Å². The summed E-state index contributed by atoms with van der Waals surface area (Å²) < 4.78 is 0. The van der Waals surface area contributed by atoms with Gasteiger partial charge in [0.2, 0.25) is 0 Å². The predicted octanol–water partition coefficient (Wildman–Crippen LogP) is 2.31. The van der Waals surface area contributed by atoms with E-state index in [9.17, 15) is 0 Å². The Morgan fingerprint density at radius 3 is 2.40 bits per heavy atom. The highest BCUT2D eigenvalue weighted by Gasteiger charge is 2.13. The van der Waals surface area contributed by atoms with E-state index in [1.807, 2.05) is 0 Å². The van der Waals surface area contributed by atoms with Crippen LogP contribution in [-0.4, -0.2) is 49.6 Å². The van der Waals surface area contributed by atoms with Crippen LogP contribution < -0.4 is 5.32 Å². The largest absolute Gasteiger partial charge is 0.313 e. The van der Waals surface area contributed by atoms with Crippen LogP contribution in [0.4, 0.5) is 0 Å². The molecule has 2 nitrogen and oxygen atoms in total. The molecule has 0 rings (SSSR count). The quantitative estimate of drug-likeness (QED) is 0.614. The molecule has 0 radical (unpaired) electrons. The van der Waals surface area contributed by atoms with Crippen LogP contribution >= 0.6 is 11.8 Å². The Kier molecular flexibility index (Phi) is 9.66. The molecule has 3 heteroatoms. The van der Waals surface area contributed by atoms with Crippen LogP contribution in [0.2, 0.25) is 0 Å². The topological polar surface area (TPSA) is 15.3 Å². The molecule has 92 valence electrons. The van der Waals surface area contributed by atoms with Gasteiger partial charge < -0.3 is 10.2 Å². The van der Waals surface area contributed by atoms with Crippen LogP contribution in [0.15, 0.2) is 0 Å². The summed E-state index contributed by atoms with van der Waals surface area (Å²) in [5.41, 5.74) is 0. The van der Waals surface area contributed by atoms with E-state index < -0.39 is 0 Å². The van der Waals surface area contributed by atoms with E-state index in [1.165, 1.54) is 24.5 Å². The second-order valence-corrected chi connectivity index (χ2v) is 5.58. The van der Waals surface area contributed by atoms with Gasteiger partial charge in [0, 0.05) is 24.1 Å². The molecule has 0 amide bonds. The number of thioether (sulfide) groups is 1. The van der Waals surface area contributed by atoms with Crippen molar-refractivity contribution in [3.8, 4) is 0 Å². The molecule has 0 heterocycles. The predicted molar refractivity (Wildman–Crippen MR) is 72.8 cm³/mol. The van der Waals surface area contributed by atoms with Gasteiger partial charge in [-0.3, -0.25) is 0 Å². The zero-order valence-corrected chi connectivity index (χ0v) is 11.9. The second kappa shape index (κ2) is 9.49. The number of hydrogen-bond donors (Lipinski definition) is 1. The summed E-state index contributed by atoms with van der Waals surface area (Å²) in [5, 5.41) is 3.59. The van der Waals surface area contributed by atoms with Gasteiger partial charge in [-0.05, 0) is 26.6 Å². The van der Waals surface area contributed by atoms with Gasteiger partial charge in [0.25, 0.3) is 0 Å². The third-order valence-electron chi connectivity index (χ3n) is 2.78. The number of nitrogens with zero attached hydrogens (tertiary/aromatic N) is 1. The molecule has 0 aromatic carbocycles. The lowest BCUT2D eigenvalue weighted by molar-refractivity contribution is 0.403. The Labute approximate surface area is 100 Å². The zero-order chi connectivity index (χ0) is 11.7. The average molecular weight is 232 g/mol. The van der Waals surface area contributed by atoms with E-state index in [4.69, 9.17) is 0 Å². The van der Waals surface area contributed by atoms with Crippen molar-refractivity contribution in [2.24, 2.45) is 5.92 Å². The lowest BCUT2D eigenvalue weighted by Crippen LogP contribution is -2.37. The minimum absolute atomic E-state index is 0.687. The van der Waals surface area contributed by atoms with E-state index in [1.54, 1.807) is 0 Å². The van der Waals surface area contributed by atoms with Gasteiger partial charge in [-0.1, -0.05) is 27.2 Å². The lowest BCUT2D eigenvalue weighted by Gasteiger charge is -2.23. The summed E-state index contributed by atoms with van der Waals surface area (Å²) in [6.45, 7) is 9.09. The molecule has 0 aromatic rings. The van der Waals surface area contributed by atoms with Gasteiger partial charge in [0.15, 0.2) is 0 Å². The molecule has 2 atom stereocenters. The molecule has 1 N–H and O–H groups in total. The summed E-state index contributed by atoms with van der Waals surface area (Å²) in [4.78, 5) is 2.25. The summed E-state index contributed by atoms with van der Waals surface area (Å²) in [6, 6.07) is 0.687. The van der Waals surface area contributed by atoms with Crippen LogP contribution in [0, 0.1) is 5.92 Å². The van der Waals surface area contributed by atoms with Gasteiger partial charge in [-0.25, -0.2) is 0 Å². The van der Waals surface area contributed by atoms with Gasteiger partial charge in [-0.15, -0.1) is 0 Å². The average Bonchev–Trinajstić information content (AvgIpc) is 2.21. The van der Waals surface area contributed by atoms with Crippen molar-refractivity contribution in [1.29, 1.82) is 0 Å². The molecule has 0 aliphatic rings. The highest BCUT2D eigenvalue weighted by atomic mass is 32.2. The minimum atomic E-state index is 0.687. The SMILES string of the molecule is CCNC(CSCCN(C)C)C(C)CC. The molecule has 0 aliphatic heterocycles. The molecule has 0 saturated carbocycles. The van der Waals surface area contributed by atoms with Crippen molar-refractivity contribution in [2.45, 2.75) is 33.2 Å². The molecule has 2 unspecified atom stereocenters. The van der Waals surface area contributed by atoms with E-state index in [0.29, 0.717) is 6.04 Å². The maximum Gasteiger partial charge on any atom is 0.0183 e. The van der Waals surface area contributed by atoms with Gasteiger partial charge >= 0.3 is 0 Å². The van der Waals surface area contributed by atoms with Crippen LogP contribution in [0.25, 0.3) is 0 Å². The van der Waals surface area contributed by atoms with Crippen LogP contribution in [0.5, 0.6) is 0 Å². The third kappa shape index (κ3) is 8.12. The first kappa shape index (κ1) is 15.3. The van der Waals surface area contributed by atoms with Crippen molar-refractivity contribution in [3.63, 3.8) is 0 Å². The summed E-state index contributed by atoms with van der Waals surface area (Å²) in [5.74, 6) is 3.28. The first-order valence-corrected chi connectivity index (χ1v) is 7.23. The van der Waals surface area contributed by atoms with Crippen LogP contribution in [-0.2, 0) is 0 Å². The number of rotatable bonds is 9. The Bertz CT molecular complexity index is 140. The van der Waals surface area contributed by atoms with Crippen molar-refractivity contribution in [3.05, 3.63) is 0 Å². The van der Waals surface area contributed by atoms with Crippen LogP contribution in [0.1, 0.15) is 27.2 Å². The maximum absolute atomic E-state index is 3.59. The number of nitrogens with one attached hydrogen (secondary N) is 1. The summed E-state index contributed by atoms with van der Waals surface area (Å²) >= 11 is 2.07. The van der Waals surface area contributed by atoms with Crippen molar-refractivity contribution < 1.29 is 0 Å². The summed E-state index contributed by atoms with van der Waals surface area (Å²) in [7, 11) is 4.27. The molecule has 0 aromatic heterocycles. The Morgan fingerprint density at radius 2 is 1.93 bits per heavy atom. The van der Waals surface area contributed by atoms with Crippen molar-refractivity contribution >= 4 is 11.8 Å². The zero-order valence-electron chi connectivity index (χ0n) is 11.0. The fourth-order valence-electron chi connectivity index (χ4n) is 1.43. The molecule has 0 saturated heterocycles. The molecule has 0 aliphatic carbocycles. The summed E-state index contributed by atoms with van der Waals surface area (Å²) in [6.07, 6.45) is 1.27. The Balaban J connectivity index is 3.66. The molecular formula is C12H28N2S. The Morgan fingerprint density at radius 1 is 1.27 bits per heavy atom. The van der Waals surface area contributed by atoms with Gasteiger partial charge in [-0.2, -0.15) is 11.8 Å². The fraction of sp³-hybridized carbons (Fsp3) is 1.00. The normalized spacial score (nSPS) is 15.6. The smallest absolute Gasteiger partial charge is 0.0183 e. The monoisotopic (exact) mass is 232 g/mol. The fourth-order valence-corrected chi connectivity index (χ4v) is 2.79. The Hall–Kier alpha value is 0.270. The van der Waals surface area contributed by atoms with E-state index in [0.717, 1.165) is 12.5 Å². The molecule has 0 fully saturated rings.